The first-order valence-corrected chi connectivity index (χ1v) is 4.82. The normalized spacial score (nSPS) is 57.1. The number of ether oxygens (including phenoxy) is 1. The Kier molecular flexibility index (Phi) is 1.37. The molecule has 0 spiro atoms. The van der Waals surface area contributed by atoms with E-state index in [9.17, 15) is 13.2 Å². The highest BCUT2D eigenvalue weighted by molar-refractivity contribution is 5.27. The molecule has 5 unspecified atom stereocenters. The molecule has 3 aliphatic carbocycles. The van der Waals surface area contributed by atoms with Crippen molar-refractivity contribution in [2.24, 2.45) is 23.7 Å². The van der Waals surface area contributed by atoms with Gasteiger partial charge in [-0.05, 0) is 18.3 Å². The van der Waals surface area contributed by atoms with Crippen molar-refractivity contribution in [1.29, 1.82) is 0 Å². The quantitative estimate of drug-likeness (QED) is 0.596. The van der Waals surface area contributed by atoms with Gasteiger partial charge in [0.2, 0.25) is 0 Å². The SMILES string of the molecule is COC1(F)C2C3C=CC(C3)C2C1(F)F. The molecular weight excluding hydrogens is 193 g/mol. The van der Waals surface area contributed by atoms with Gasteiger partial charge in [-0.3, -0.25) is 0 Å². The molecular formula is C10H11F3O. The standard InChI is InChI=1S/C10H11F3O/c1-14-10(13)8-6-3-2-5(4-6)7(8)9(10,11)12/h2-3,5-8H,4H2,1H3. The topological polar surface area (TPSA) is 9.23 Å². The van der Waals surface area contributed by atoms with Crippen molar-refractivity contribution in [3.8, 4) is 0 Å². The molecule has 3 rings (SSSR count). The fourth-order valence-corrected chi connectivity index (χ4v) is 3.45. The van der Waals surface area contributed by atoms with Crippen molar-refractivity contribution < 1.29 is 17.9 Å². The summed E-state index contributed by atoms with van der Waals surface area (Å²) < 4.78 is 45.2. The molecule has 0 N–H and O–H groups in total. The zero-order chi connectivity index (χ0) is 10.1. The number of alkyl halides is 3. The predicted octanol–water partition coefficient (Wildman–Crippen LogP) is 2.39. The molecule has 14 heavy (non-hydrogen) atoms. The van der Waals surface area contributed by atoms with Gasteiger partial charge in [-0.15, -0.1) is 0 Å². The van der Waals surface area contributed by atoms with Crippen molar-refractivity contribution in [2.45, 2.75) is 18.2 Å². The monoisotopic (exact) mass is 204 g/mol. The molecule has 0 aromatic carbocycles. The van der Waals surface area contributed by atoms with Gasteiger partial charge in [0.15, 0.2) is 0 Å². The average molecular weight is 204 g/mol. The molecule has 0 aromatic rings. The zero-order valence-corrected chi connectivity index (χ0v) is 7.71. The van der Waals surface area contributed by atoms with Crippen LogP contribution in [0.25, 0.3) is 0 Å². The van der Waals surface area contributed by atoms with Gasteiger partial charge in [0, 0.05) is 18.9 Å². The van der Waals surface area contributed by atoms with Gasteiger partial charge in [0.1, 0.15) is 0 Å². The van der Waals surface area contributed by atoms with Crippen LogP contribution in [0.4, 0.5) is 13.2 Å². The Morgan fingerprint density at radius 3 is 2.29 bits per heavy atom. The molecule has 0 aromatic heterocycles. The number of methoxy groups -OCH3 is 1. The van der Waals surface area contributed by atoms with Gasteiger partial charge in [-0.2, -0.15) is 8.78 Å². The number of hydrogen-bond donors (Lipinski definition) is 0. The second-order valence-corrected chi connectivity index (χ2v) is 4.47. The summed E-state index contributed by atoms with van der Waals surface area (Å²) in [5.41, 5.74) is 0. The number of halogens is 3. The lowest BCUT2D eigenvalue weighted by molar-refractivity contribution is -0.396. The van der Waals surface area contributed by atoms with Crippen LogP contribution in [0, 0.1) is 23.7 Å². The summed E-state index contributed by atoms with van der Waals surface area (Å²) in [5, 5.41) is 0. The maximum absolute atomic E-state index is 13.8. The molecule has 3 aliphatic rings. The summed E-state index contributed by atoms with van der Waals surface area (Å²) in [6, 6.07) is 0. The van der Waals surface area contributed by atoms with Crippen LogP contribution in [0.1, 0.15) is 6.42 Å². The van der Waals surface area contributed by atoms with Gasteiger partial charge in [0.05, 0.1) is 0 Å². The third kappa shape index (κ3) is 0.639. The van der Waals surface area contributed by atoms with E-state index in [0.717, 1.165) is 7.11 Å². The number of hydrogen-bond acceptors (Lipinski definition) is 1. The summed E-state index contributed by atoms with van der Waals surface area (Å²) in [6.07, 6.45) is 4.32. The van der Waals surface area contributed by atoms with Crippen LogP contribution in [-0.4, -0.2) is 18.9 Å². The highest BCUT2D eigenvalue weighted by atomic mass is 19.3. The lowest BCUT2D eigenvalue weighted by atomic mass is 9.60. The van der Waals surface area contributed by atoms with E-state index in [-0.39, 0.29) is 11.8 Å². The first-order valence-electron chi connectivity index (χ1n) is 4.82. The molecule has 5 atom stereocenters. The van der Waals surface area contributed by atoms with Crippen molar-refractivity contribution in [3.05, 3.63) is 12.2 Å². The number of rotatable bonds is 1. The van der Waals surface area contributed by atoms with E-state index < -0.39 is 23.6 Å². The Bertz CT molecular complexity index is 314. The smallest absolute Gasteiger partial charge is 0.309 e. The lowest BCUT2D eigenvalue weighted by Gasteiger charge is -2.55. The van der Waals surface area contributed by atoms with Crippen LogP contribution in [0.2, 0.25) is 0 Å². The first-order chi connectivity index (χ1) is 6.52. The van der Waals surface area contributed by atoms with Crippen molar-refractivity contribution in [1.82, 2.24) is 0 Å². The van der Waals surface area contributed by atoms with Gasteiger partial charge >= 0.3 is 5.92 Å². The first kappa shape index (κ1) is 8.77. The van der Waals surface area contributed by atoms with E-state index in [0.29, 0.717) is 6.42 Å². The molecule has 1 nitrogen and oxygen atoms in total. The van der Waals surface area contributed by atoms with Crippen molar-refractivity contribution >= 4 is 0 Å². The van der Waals surface area contributed by atoms with Crippen molar-refractivity contribution in [2.75, 3.05) is 7.11 Å². The van der Waals surface area contributed by atoms with Crippen LogP contribution in [0.5, 0.6) is 0 Å². The third-order valence-corrected chi connectivity index (χ3v) is 4.06. The van der Waals surface area contributed by atoms with Gasteiger partial charge in [0.25, 0.3) is 5.85 Å². The van der Waals surface area contributed by atoms with E-state index in [1.807, 2.05) is 6.08 Å². The number of allylic oxidation sites excluding steroid dienone is 2. The fourth-order valence-electron chi connectivity index (χ4n) is 3.45. The minimum atomic E-state index is -3.31. The number of fused-ring (bicyclic) bond motifs is 5. The van der Waals surface area contributed by atoms with Crippen LogP contribution in [0.3, 0.4) is 0 Å². The zero-order valence-electron chi connectivity index (χ0n) is 7.71. The molecule has 0 radical (unpaired) electrons. The van der Waals surface area contributed by atoms with Gasteiger partial charge in [-0.25, -0.2) is 4.39 Å². The summed E-state index contributed by atoms with van der Waals surface area (Å²) in [7, 11) is 1.03. The fraction of sp³-hybridized carbons (Fsp3) is 0.800. The highest BCUT2D eigenvalue weighted by Gasteiger charge is 2.82. The maximum Gasteiger partial charge on any atom is 0.309 e. The summed E-state index contributed by atoms with van der Waals surface area (Å²) in [6.45, 7) is 0. The van der Waals surface area contributed by atoms with Gasteiger partial charge in [-0.1, -0.05) is 12.2 Å². The molecule has 2 bridgehead atoms. The molecule has 4 heteroatoms. The largest absolute Gasteiger partial charge is 0.344 e. The van der Waals surface area contributed by atoms with Crippen LogP contribution in [-0.2, 0) is 4.74 Å². The van der Waals surface area contributed by atoms with E-state index in [2.05, 4.69) is 4.74 Å². The average Bonchev–Trinajstić information content (AvgIpc) is 2.74. The lowest BCUT2D eigenvalue weighted by Crippen LogP contribution is -2.70. The predicted molar refractivity (Wildman–Crippen MR) is 43.5 cm³/mol. The Labute approximate surface area is 79.9 Å². The van der Waals surface area contributed by atoms with Crippen molar-refractivity contribution in [3.63, 3.8) is 0 Å². The summed E-state index contributed by atoms with van der Waals surface area (Å²) in [4.78, 5) is 0. The van der Waals surface area contributed by atoms with Crippen LogP contribution < -0.4 is 0 Å². The molecule has 0 aliphatic heterocycles. The van der Waals surface area contributed by atoms with Gasteiger partial charge < -0.3 is 4.74 Å². The Balaban J connectivity index is 2.02. The minimum Gasteiger partial charge on any atom is -0.344 e. The third-order valence-electron chi connectivity index (χ3n) is 4.06. The Morgan fingerprint density at radius 2 is 1.71 bits per heavy atom. The molecule has 0 amide bonds. The Morgan fingerprint density at radius 1 is 1.14 bits per heavy atom. The molecule has 78 valence electrons. The van der Waals surface area contributed by atoms with Crippen LogP contribution in [0.15, 0.2) is 12.2 Å². The van der Waals surface area contributed by atoms with E-state index in [1.165, 1.54) is 0 Å². The maximum atomic E-state index is 13.8. The minimum absolute atomic E-state index is 0.0467. The summed E-state index contributed by atoms with van der Waals surface area (Å²) in [5.74, 6) is -7.67. The molecule has 0 saturated heterocycles. The van der Waals surface area contributed by atoms with E-state index >= 15 is 0 Å². The second kappa shape index (κ2) is 2.18. The highest BCUT2D eigenvalue weighted by Crippen LogP contribution is 2.70. The second-order valence-electron chi connectivity index (χ2n) is 4.47. The van der Waals surface area contributed by atoms with E-state index in [4.69, 9.17) is 0 Å². The Hall–Kier alpha value is -0.510. The molecule has 0 heterocycles. The summed E-state index contributed by atoms with van der Waals surface area (Å²) >= 11 is 0. The van der Waals surface area contributed by atoms with E-state index in [1.54, 1.807) is 6.08 Å². The molecule has 2 fully saturated rings. The molecule has 2 saturated carbocycles. The van der Waals surface area contributed by atoms with Crippen LogP contribution >= 0.6 is 0 Å².